The van der Waals surface area contributed by atoms with Gasteiger partial charge in [-0.2, -0.15) is 0 Å². The average Bonchev–Trinajstić information content (AvgIpc) is 3.39. The van der Waals surface area contributed by atoms with Crippen molar-refractivity contribution in [1.29, 1.82) is 0 Å². The minimum absolute atomic E-state index is 0.328. The van der Waals surface area contributed by atoms with Crippen LogP contribution >= 0.6 is 6.64 Å². The molecule has 0 bridgehead atoms. The van der Waals surface area contributed by atoms with Gasteiger partial charge in [-0.25, -0.2) is 24.4 Å². The molecule has 0 spiro atoms. The zero-order chi connectivity index (χ0) is 28.5. The number of methoxy groups -OCH3 is 1. The predicted octanol–water partition coefficient (Wildman–Crippen LogP) is 2.66. The number of aliphatic hydroxyl groups is 1. The molecule has 1 aromatic carbocycles. The Hall–Kier alpha value is -2.74. The fourth-order valence-electron chi connectivity index (χ4n) is 4.19. The first-order valence-corrected chi connectivity index (χ1v) is 14.8. The summed E-state index contributed by atoms with van der Waals surface area (Å²) in [5.74, 6) is 0.874. The number of aliphatic hydroxyl groups excluding tert-OH is 1. The maximum absolute atomic E-state index is 16.0. The predicted molar refractivity (Wildman–Crippen MR) is 146 cm³/mol. The van der Waals surface area contributed by atoms with Crippen molar-refractivity contribution < 1.29 is 32.8 Å². The maximum atomic E-state index is 16.0. The first-order valence-electron chi connectivity index (χ1n) is 12.1. The van der Waals surface area contributed by atoms with Crippen molar-refractivity contribution in [2.45, 2.75) is 50.9 Å². The first kappa shape index (κ1) is 29.2. The second-order valence-corrected chi connectivity index (χ2v) is 12.6. The number of aryl methyl sites for hydroxylation is 1. The van der Waals surface area contributed by atoms with Crippen molar-refractivity contribution in [1.82, 2.24) is 24.6 Å². The van der Waals surface area contributed by atoms with Gasteiger partial charge < -0.3 is 28.5 Å². The second kappa shape index (κ2) is 11.4. The van der Waals surface area contributed by atoms with Gasteiger partial charge in [-0.05, 0) is 44.7 Å². The summed E-state index contributed by atoms with van der Waals surface area (Å²) in [6.45, 7) is 0.782. The number of esters is 1. The lowest BCUT2D eigenvalue weighted by molar-refractivity contribution is -0.142. The fourth-order valence-corrected chi connectivity index (χ4v) is 6.61. The Morgan fingerprint density at radius 3 is 2.69 bits per heavy atom. The molecule has 3 heterocycles. The lowest BCUT2D eigenvalue weighted by atomic mass is 9.98. The highest BCUT2D eigenvalue weighted by molar-refractivity contribution is 8.09. The molecular weight excluding hydrogens is 550 g/mol. The SMILES string of the molecule is COC(=O)[C@@H](C)N[P@@](=S)(OC[C@H]1O[C@@H](n2cnc3c(N(C)C)nc(C)nc32)[C@](C)(F)[C@@H]1O)Oc1ccccc1. The van der Waals surface area contributed by atoms with Crippen LogP contribution in [0.4, 0.5) is 10.2 Å². The summed E-state index contributed by atoms with van der Waals surface area (Å²) in [5, 5.41) is 13.8. The molecule has 3 aromatic rings. The van der Waals surface area contributed by atoms with Crippen molar-refractivity contribution in [2.24, 2.45) is 0 Å². The van der Waals surface area contributed by atoms with Gasteiger partial charge in [-0.3, -0.25) is 9.36 Å². The Kier molecular flexibility index (Phi) is 8.55. The number of aromatic nitrogens is 4. The molecular formula is C24H32FN6O6PS. The Morgan fingerprint density at radius 2 is 2.05 bits per heavy atom. The summed E-state index contributed by atoms with van der Waals surface area (Å²) in [5.41, 5.74) is -1.42. The molecule has 0 aliphatic carbocycles. The summed E-state index contributed by atoms with van der Waals surface area (Å²) in [6, 6.07) is 7.82. The number of halogens is 1. The van der Waals surface area contributed by atoms with Crippen LogP contribution in [0.1, 0.15) is 25.9 Å². The molecule has 4 rings (SSSR count). The van der Waals surface area contributed by atoms with Crippen LogP contribution in [-0.4, -0.2) is 82.3 Å². The van der Waals surface area contributed by atoms with Gasteiger partial charge in [-0.15, -0.1) is 0 Å². The quantitative estimate of drug-likeness (QED) is 0.269. The molecule has 1 aliphatic rings. The van der Waals surface area contributed by atoms with Crippen LogP contribution in [0.3, 0.4) is 0 Å². The van der Waals surface area contributed by atoms with E-state index in [2.05, 4.69) is 20.0 Å². The first-order chi connectivity index (χ1) is 18.4. The minimum Gasteiger partial charge on any atom is -0.468 e. The smallest absolute Gasteiger partial charge is 0.323 e. The van der Waals surface area contributed by atoms with Gasteiger partial charge in [0, 0.05) is 14.1 Å². The topological polar surface area (TPSA) is 133 Å². The number of hydrogen-bond acceptors (Lipinski definition) is 11. The zero-order valence-corrected chi connectivity index (χ0v) is 24.1. The number of nitrogens with one attached hydrogen (secondary N) is 1. The molecule has 39 heavy (non-hydrogen) atoms. The Balaban J connectivity index is 1.59. The number of carbonyl (C=O) groups excluding carboxylic acids is 1. The Bertz CT molecular complexity index is 1380. The van der Waals surface area contributed by atoms with E-state index in [0.717, 1.165) is 0 Å². The van der Waals surface area contributed by atoms with E-state index in [1.165, 1.54) is 24.9 Å². The standard InChI is InChI=1S/C24H32FN6O6PS/c1-14(22(33)34-6)29-38(39,37-16-10-8-7-9-11-16)35-12-17-19(32)24(3,25)23(36-17)31-13-26-18-20(30(4)5)27-15(2)28-21(18)31/h7-11,13-14,17,19,23,32H,12H2,1-6H3,(H,29,39)/t14-,17-,19-,23-,24-,38-/m1/s1. The van der Waals surface area contributed by atoms with Crippen LogP contribution in [0.2, 0.25) is 0 Å². The largest absolute Gasteiger partial charge is 0.468 e. The summed E-state index contributed by atoms with van der Waals surface area (Å²) < 4.78 is 40.1. The monoisotopic (exact) mass is 582 g/mol. The zero-order valence-electron chi connectivity index (χ0n) is 22.4. The normalized spacial score (nSPS) is 25.3. The molecule has 6 atom stereocenters. The molecule has 2 N–H and O–H groups in total. The van der Waals surface area contributed by atoms with Gasteiger partial charge in [-0.1, -0.05) is 18.2 Å². The van der Waals surface area contributed by atoms with Crippen LogP contribution in [0.25, 0.3) is 11.2 Å². The number of hydrogen-bond donors (Lipinski definition) is 2. The molecule has 0 saturated carbocycles. The van der Waals surface area contributed by atoms with E-state index in [1.54, 1.807) is 49.1 Å². The van der Waals surface area contributed by atoms with Gasteiger partial charge in [0.05, 0.1) is 20.0 Å². The highest BCUT2D eigenvalue weighted by Gasteiger charge is 2.56. The Morgan fingerprint density at radius 1 is 1.36 bits per heavy atom. The Labute approximate surface area is 230 Å². The summed E-state index contributed by atoms with van der Waals surface area (Å²) >= 11 is 5.66. The van der Waals surface area contributed by atoms with Crippen LogP contribution < -0.4 is 14.5 Å². The van der Waals surface area contributed by atoms with Gasteiger partial charge in [0.2, 0.25) is 0 Å². The number of fused-ring (bicyclic) bond motifs is 1. The third kappa shape index (κ3) is 6.06. The summed E-state index contributed by atoms with van der Waals surface area (Å²) in [4.78, 5) is 27.1. The van der Waals surface area contributed by atoms with E-state index in [0.29, 0.717) is 28.6 Å². The molecule has 0 radical (unpaired) electrons. The number of para-hydroxylation sites is 1. The second-order valence-electron chi connectivity index (χ2n) is 9.51. The van der Waals surface area contributed by atoms with E-state index in [-0.39, 0.29) is 6.61 Å². The van der Waals surface area contributed by atoms with Crippen LogP contribution in [-0.2, 0) is 30.6 Å². The maximum Gasteiger partial charge on any atom is 0.323 e. The number of anilines is 1. The third-order valence-corrected chi connectivity index (χ3v) is 8.69. The highest BCUT2D eigenvalue weighted by atomic mass is 32.5. The van der Waals surface area contributed by atoms with Gasteiger partial charge in [0.1, 0.15) is 29.8 Å². The third-order valence-electron chi connectivity index (χ3n) is 6.19. The number of carbonyl (C=O) groups is 1. The van der Waals surface area contributed by atoms with Gasteiger partial charge >= 0.3 is 12.6 Å². The molecule has 2 aromatic heterocycles. The summed E-state index contributed by atoms with van der Waals surface area (Å²) in [7, 11) is 4.89. The van der Waals surface area contributed by atoms with Crippen LogP contribution in [0.15, 0.2) is 36.7 Å². The molecule has 0 amide bonds. The number of ether oxygens (including phenoxy) is 2. The van der Waals surface area contributed by atoms with E-state index < -0.39 is 42.8 Å². The average molecular weight is 583 g/mol. The molecule has 12 nitrogen and oxygen atoms in total. The number of imidazole rings is 1. The molecule has 1 aliphatic heterocycles. The number of rotatable bonds is 10. The fraction of sp³-hybridized carbons (Fsp3) is 0.500. The van der Waals surface area contributed by atoms with E-state index in [1.807, 2.05) is 14.1 Å². The van der Waals surface area contributed by atoms with E-state index in [9.17, 15) is 9.90 Å². The van der Waals surface area contributed by atoms with Crippen LogP contribution in [0, 0.1) is 6.92 Å². The van der Waals surface area contributed by atoms with E-state index in [4.69, 9.17) is 30.3 Å². The molecule has 1 saturated heterocycles. The van der Waals surface area contributed by atoms with Crippen molar-refractivity contribution in [3.05, 3.63) is 42.5 Å². The molecule has 1 fully saturated rings. The van der Waals surface area contributed by atoms with Crippen LogP contribution in [0.5, 0.6) is 5.75 Å². The lowest BCUT2D eigenvalue weighted by Gasteiger charge is -2.27. The highest BCUT2D eigenvalue weighted by Crippen LogP contribution is 2.48. The van der Waals surface area contributed by atoms with Gasteiger partial charge in [0.15, 0.2) is 28.9 Å². The lowest BCUT2D eigenvalue weighted by Crippen LogP contribution is -2.41. The van der Waals surface area contributed by atoms with Crippen molar-refractivity contribution in [2.75, 3.05) is 32.7 Å². The van der Waals surface area contributed by atoms with Crippen molar-refractivity contribution >= 4 is 41.4 Å². The molecule has 0 unspecified atom stereocenters. The van der Waals surface area contributed by atoms with Crippen molar-refractivity contribution in [3.63, 3.8) is 0 Å². The number of nitrogens with zero attached hydrogens (tertiary/aromatic N) is 5. The van der Waals surface area contributed by atoms with Crippen molar-refractivity contribution in [3.8, 4) is 5.75 Å². The number of alkyl halides is 1. The number of benzene rings is 1. The van der Waals surface area contributed by atoms with Gasteiger partial charge in [0.25, 0.3) is 0 Å². The summed E-state index contributed by atoms with van der Waals surface area (Å²) in [6.07, 6.45) is -2.58. The molecule has 15 heteroatoms. The minimum atomic E-state index is -3.40. The van der Waals surface area contributed by atoms with E-state index >= 15 is 4.39 Å². The molecule has 212 valence electrons.